The van der Waals surface area contributed by atoms with E-state index in [0.717, 1.165) is 10.5 Å². The monoisotopic (exact) mass is 231 g/mol. The van der Waals surface area contributed by atoms with Gasteiger partial charge in [-0.15, -0.1) is 0 Å². The van der Waals surface area contributed by atoms with E-state index in [-0.39, 0.29) is 5.41 Å². The minimum absolute atomic E-state index is 0.167. The van der Waals surface area contributed by atoms with E-state index in [1.54, 1.807) is 12.1 Å². The van der Waals surface area contributed by atoms with E-state index in [1.165, 1.54) is 0 Å². The molecule has 1 aliphatic rings. The molecule has 0 N–H and O–H groups in total. The molecule has 5 heteroatoms. The third-order valence-electron chi connectivity index (χ3n) is 2.56. The van der Waals surface area contributed by atoms with Crippen molar-refractivity contribution in [2.45, 2.75) is 26.2 Å². The first-order valence-electron chi connectivity index (χ1n) is 5.30. The molecule has 1 aromatic carbocycles. The van der Waals surface area contributed by atoms with Gasteiger partial charge in [0.05, 0.1) is 5.69 Å². The van der Waals surface area contributed by atoms with Gasteiger partial charge in [0.15, 0.2) is 0 Å². The van der Waals surface area contributed by atoms with Gasteiger partial charge in [-0.25, -0.2) is 14.5 Å². The second-order valence-corrected chi connectivity index (χ2v) is 4.87. The smallest absolute Gasteiger partial charge is 0.243 e. The maximum Gasteiger partial charge on any atom is 0.375 e. The van der Waals surface area contributed by atoms with E-state index < -0.39 is 12.1 Å². The Morgan fingerprint density at radius 2 is 1.53 bits per heavy atom. The normalized spacial score (nSPS) is 15.8. The Balaban J connectivity index is 2.53. The van der Waals surface area contributed by atoms with Crippen molar-refractivity contribution in [1.82, 2.24) is 0 Å². The molecule has 1 aromatic rings. The van der Waals surface area contributed by atoms with Crippen molar-refractivity contribution in [3.05, 3.63) is 29.8 Å². The van der Waals surface area contributed by atoms with Crippen LogP contribution in [0, 0.1) is 0 Å². The van der Waals surface area contributed by atoms with E-state index in [0.29, 0.717) is 5.69 Å². The average molecular weight is 231 g/mol. The summed E-state index contributed by atoms with van der Waals surface area (Å²) >= 11 is 0. The van der Waals surface area contributed by atoms with Gasteiger partial charge in [-0.05, 0) is 17.0 Å². The number of hydrogen-bond donors (Lipinski definition) is 0. The first-order valence-corrected chi connectivity index (χ1v) is 5.30. The van der Waals surface area contributed by atoms with E-state index in [2.05, 4.69) is 10.2 Å². The summed E-state index contributed by atoms with van der Waals surface area (Å²) < 4.78 is 0. The molecule has 0 spiro atoms. The molecule has 0 fully saturated rings. The summed E-state index contributed by atoms with van der Waals surface area (Å²) in [6.45, 7) is 6.06. The van der Waals surface area contributed by atoms with Crippen LogP contribution in [0.3, 0.4) is 0 Å². The summed E-state index contributed by atoms with van der Waals surface area (Å²) in [5.74, 6) is 0. The molecule has 88 valence electrons. The fourth-order valence-corrected chi connectivity index (χ4v) is 1.77. The van der Waals surface area contributed by atoms with Crippen molar-refractivity contribution in [3.8, 4) is 0 Å². The Hall–Kier alpha value is -2.04. The van der Waals surface area contributed by atoms with Gasteiger partial charge in [-0.1, -0.05) is 49.2 Å². The number of urea groups is 2. The van der Waals surface area contributed by atoms with Crippen LogP contribution in [0.4, 0.5) is 15.3 Å². The Kier molecular flexibility index (Phi) is 2.53. The zero-order valence-corrected chi connectivity index (χ0v) is 9.97. The lowest BCUT2D eigenvalue weighted by Gasteiger charge is -2.25. The number of anilines is 1. The highest BCUT2D eigenvalue weighted by Gasteiger charge is 2.32. The molecule has 0 atom stereocenters. The highest BCUT2D eigenvalue weighted by molar-refractivity contribution is 6.17. The SMILES string of the molecule is CC(C)(C)c1ccccc1N1C(=O)N=NC1=O. The molecule has 17 heavy (non-hydrogen) atoms. The van der Waals surface area contributed by atoms with Gasteiger partial charge in [-0.2, -0.15) is 0 Å². The summed E-state index contributed by atoms with van der Waals surface area (Å²) in [6.07, 6.45) is 0. The summed E-state index contributed by atoms with van der Waals surface area (Å²) in [6, 6.07) is 6.02. The van der Waals surface area contributed by atoms with Crippen LogP contribution in [-0.2, 0) is 5.41 Å². The predicted molar refractivity (Wildman–Crippen MR) is 63.3 cm³/mol. The van der Waals surface area contributed by atoms with Gasteiger partial charge >= 0.3 is 12.1 Å². The van der Waals surface area contributed by atoms with Crippen LogP contribution in [0.5, 0.6) is 0 Å². The summed E-state index contributed by atoms with van der Waals surface area (Å²) in [4.78, 5) is 24.0. The lowest BCUT2D eigenvalue weighted by molar-refractivity contribution is 0.249. The minimum Gasteiger partial charge on any atom is -0.243 e. The fourth-order valence-electron chi connectivity index (χ4n) is 1.77. The van der Waals surface area contributed by atoms with Crippen molar-refractivity contribution in [1.29, 1.82) is 0 Å². The van der Waals surface area contributed by atoms with Crippen LogP contribution in [0.15, 0.2) is 34.5 Å². The molecule has 4 amide bonds. The van der Waals surface area contributed by atoms with Crippen LogP contribution in [0.1, 0.15) is 26.3 Å². The van der Waals surface area contributed by atoms with Crippen LogP contribution >= 0.6 is 0 Å². The van der Waals surface area contributed by atoms with Gasteiger partial charge in [0.1, 0.15) is 0 Å². The quantitative estimate of drug-likeness (QED) is 0.742. The number of carbonyl (C=O) groups is 2. The first-order chi connectivity index (χ1) is 7.91. The van der Waals surface area contributed by atoms with Crippen molar-refractivity contribution in [2.24, 2.45) is 10.2 Å². The number of para-hydroxylation sites is 1. The van der Waals surface area contributed by atoms with Crippen LogP contribution in [0.25, 0.3) is 0 Å². The van der Waals surface area contributed by atoms with Gasteiger partial charge in [0, 0.05) is 0 Å². The second kappa shape index (κ2) is 3.76. The van der Waals surface area contributed by atoms with Crippen molar-refractivity contribution < 1.29 is 9.59 Å². The van der Waals surface area contributed by atoms with E-state index in [1.807, 2.05) is 32.9 Å². The minimum atomic E-state index is -0.633. The van der Waals surface area contributed by atoms with Crippen LogP contribution in [0.2, 0.25) is 0 Å². The molecular formula is C12H13N3O2. The zero-order valence-electron chi connectivity index (χ0n) is 9.97. The number of hydrogen-bond acceptors (Lipinski definition) is 2. The summed E-state index contributed by atoms with van der Waals surface area (Å²) in [5.41, 5.74) is 1.30. The fraction of sp³-hybridized carbons (Fsp3) is 0.333. The number of carbonyl (C=O) groups excluding carboxylic acids is 2. The number of benzene rings is 1. The Morgan fingerprint density at radius 1 is 1.00 bits per heavy atom. The van der Waals surface area contributed by atoms with E-state index in [4.69, 9.17) is 0 Å². The topological polar surface area (TPSA) is 62.1 Å². The molecule has 0 aromatic heterocycles. The van der Waals surface area contributed by atoms with Gasteiger partial charge in [0.2, 0.25) is 0 Å². The molecule has 2 rings (SSSR count). The number of azo groups is 1. The van der Waals surface area contributed by atoms with Gasteiger partial charge in [0.25, 0.3) is 0 Å². The number of imide groups is 1. The third kappa shape index (κ3) is 1.95. The van der Waals surface area contributed by atoms with Gasteiger partial charge < -0.3 is 0 Å². The lowest BCUT2D eigenvalue weighted by atomic mass is 9.85. The lowest BCUT2D eigenvalue weighted by Crippen LogP contribution is -2.30. The average Bonchev–Trinajstić information content (AvgIpc) is 2.57. The molecule has 0 unspecified atom stereocenters. The van der Waals surface area contributed by atoms with E-state index >= 15 is 0 Å². The highest BCUT2D eigenvalue weighted by Crippen LogP contribution is 2.33. The van der Waals surface area contributed by atoms with E-state index in [9.17, 15) is 9.59 Å². The number of nitrogens with zero attached hydrogens (tertiary/aromatic N) is 3. The Bertz CT molecular complexity index is 497. The largest absolute Gasteiger partial charge is 0.375 e. The number of rotatable bonds is 1. The molecule has 0 saturated heterocycles. The molecule has 1 aliphatic heterocycles. The molecule has 1 heterocycles. The molecule has 0 radical (unpaired) electrons. The van der Waals surface area contributed by atoms with Gasteiger partial charge in [-0.3, -0.25) is 0 Å². The zero-order chi connectivity index (χ0) is 12.6. The van der Waals surface area contributed by atoms with Crippen LogP contribution < -0.4 is 4.90 Å². The van der Waals surface area contributed by atoms with Crippen molar-refractivity contribution in [3.63, 3.8) is 0 Å². The highest BCUT2D eigenvalue weighted by atomic mass is 16.2. The molecular weight excluding hydrogens is 218 g/mol. The van der Waals surface area contributed by atoms with Crippen molar-refractivity contribution >= 4 is 17.7 Å². The maximum atomic E-state index is 11.5. The maximum absolute atomic E-state index is 11.5. The first kappa shape index (κ1) is 11.4. The molecule has 0 saturated carbocycles. The standard InChI is InChI=1S/C12H13N3O2/c1-12(2,3)8-6-4-5-7-9(8)15-10(16)13-14-11(15)17/h4-7H,1-3H3. The number of amides is 4. The Labute approximate surface area is 99.1 Å². The summed E-state index contributed by atoms with van der Waals surface area (Å²) in [7, 11) is 0. The molecule has 0 aliphatic carbocycles. The third-order valence-corrected chi connectivity index (χ3v) is 2.56. The molecule has 5 nitrogen and oxygen atoms in total. The predicted octanol–water partition coefficient (Wildman–Crippen LogP) is 3.50. The Morgan fingerprint density at radius 3 is 2.06 bits per heavy atom. The van der Waals surface area contributed by atoms with Crippen LogP contribution in [-0.4, -0.2) is 12.1 Å². The summed E-state index contributed by atoms with van der Waals surface area (Å²) in [5, 5.41) is 6.52. The van der Waals surface area contributed by atoms with Crippen molar-refractivity contribution in [2.75, 3.05) is 4.90 Å². The molecule has 0 bridgehead atoms. The second-order valence-electron chi connectivity index (χ2n) is 4.87.